The molecule has 5 unspecified atom stereocenters. The standard InChI is InChI=1S/C17H31N5O7/c1-4-8(2)14(17(28)29)22-12(25)7-20-15(26)10(5-6-11(18)24)21-16(27)13(19)9(3)23/h8-10,13-14,23H,4-7,19H2,1-3H3,(H2,18,24)(H,20,26)(H,21,27)(H,22,25)(H,28,29). The molecule has 0 saturated carbocycles. The first-order valence-corrected chi connectivity index (χ1v) is 9.22. The number of hydrogen-bond donors (Lipinski definition) is 7. The first-order valence-electron chi connectivity index (χ1n) is 9.22. The molecule has 0 spiro atoms. The Morgan fingerprint density at radius 3 is 2.07 bits per heavy atom. The Balaban J connectivity index is 4.94. The molecule has 166 valence electrons. The second kappa shape index (κ2) is 12.7. The van der Waals surface area contributed by atoms with Crippen molar-refractivity contribution in [2.45, 2.75) is 64.3 Å². The van der Waals surface area contributed by atoms with Crippen LogP contribution in [0, 0.1) is 5.92 Å². The van der Waals surface area contributed by atoms with Crippen molar-refractivity contribution in [1.29, 1.82) is 0 Å². The van der Waals surface area contributed by atoms with E-state index >= 15 is 0 Å². The van der Waals surface area contributed by atoms with Crippen LogP contribution in [-0.2, 0) is 24.0 Å². The van der Waals surface area contributed by atoms with Gasteiger partial charge in [0.05, 0.1) is 12.6 Å². The molecule has 12 heteroatoms. The molecule has 0 bridgehead atoms. The van der Waals surface area contributed by atoms with Gasteiger partial charge in [-0.15, -0.1) is 0 Å². The third-order valence-electron chi connectivity index (χ3n) is 4.35. The van der Waals surface area contributed by atoms with E-state index in [-0.39, 0.29) is 18.8 Å². The van der Waals surface area contributed by atoms with E-state index in [2.05, 4.69) is 16.0 Å². The Kier molecular flexibility index (Phi) is 11.5. The molecule has 0 aliphatic heterocycles. The minimum absolute atomic E-state index is 0.147. The summed E-state index contributed by atoms with van der Waals surface area (Å²) in [4.78, 5) is 58.5. The summed E-state index contributed by atoms with van der Waals surface area (Å²) in [5, 5.41) is 25.4. The number of carboxylic acids is 1. The average Bonchev–Trinajstić information content (AvgIpc) is 2.65. The Hall–Kier alpha value is -2.73. The normalized spacial score (nSPS) is 15.9. The number of primary amides is 1. The summed E-state index contributed by atoms with van der Waals surface area (Å²) in [6.07, 6.45) is -1.02. The number of amides is 4. The first kappa shape index (κ1) is 26.3. The molecule has 0 aliphatic carbocycles. The molecule has 0 aromatic carbocycles. The van der Waals surface area contributed by atoms with E-state index in [1.54, 1.807) is 13.8 Å². The molecule has 0 saturated heterocycles. The number of carbonyl (C=O) groups excluding carboxylic acids is 4. The maximum Gasteiger partial charge on any atom is 0.326 e. The lowest BCUT2D eigenvalue weighted by Crippen LogP contribution is -2.55. The van der Waals surface area contributed by atoms with Crippen LogP contribution in [0.2, 0.25) is 0 Å². The number of carbonyl (C=O) groups is 5. The second-order valence-electron chi connectivity index (χ2n) is 6.82. The number of aliphatic carboxylic acids is 1. The number of hydrogen-bond acceptors (Lipinski definition) is 7. The van der Waals surface area contributed by atoms with E-state index in [0.717, 1.165) is 0 Å². The van der Waals surface area contributed by atoms with Crippen LogP contribution in [0.15, 0.2) is 0 Å². The molecule has 5 atom stereocenters. The van der Waals surface area contributed by atoms with Crippen LogP contribution in [0.25, 0.3) is 0 Å². The Bertz CT molecular complexity index is 611. The van der Waals surface area contributed by atoms with Crippen LogP contribution in [-0.4, -0.2) is 70.6 Å². The van der Waals surface area contributed by atoms with Crippen molar-refractivity contribution in [3.8, 4) is 0 Å². The van der Waals surface area contributed by atoms with Crippen LogP contribution in [0.4, 0.5) is 0 Å². The first-order chi connectivity index (χ1) is 13.4. The number of aliphatic hydroxyl groups excluding tert-OH is 1. The molecule has 0 aromatic heterocycles. The van der Waals surface area contributed by atoms with Gasteiger partial charge in [0.2, 0.25) is 23.6 Å². The fraction of sp³-hybridized carbons (Fsp3) is 0.706. The fourth-order valence-corrected chi connectivity index (χ4v) is 2.24. The van der Waals surface area contributed by atoms with Gasteiger partial charge in [0, 0.05) is 6.42 Å². The summed E-state index contributed by atoms with van der Waals surface area (Å²) in [7, 11) is 0. The predicted octanol–water partition coefficient (Wildman–Crippen LogP) is -2.82. The summed E-state index contributed by atoms with van der Waals surface area (Å²) in [5.74, 6) is -4.56. The quantitative estimate of drug-likeness (QED) is 0.165. The molecule has 9 N–H and O–H groups in total. The SMILES string of the molecule is CCC(C)C(NC(=O)CNC(=O)C(CCC(N)=O)NC(=O)C(N)C(C)O)C(=O)O. The van der Waals surface area contributed by atoms with Crippen LogP contribution in [0.3, 0.4) is 0 Å². The zero-order valence-electron chi connectivity index (χ0n) is 16.8. The maximum absolute atomic E-state index is 12.3. The molecule has 0 aromatic rings. The maximum atomic E-state index is 12.3. The van der Waals surface area contributed by atoms with Crippen molar-refractivity contribution in [3.05, 3.63) is 0 Å². The summed E-state index contributed by atoms with van der Waals surface area (Å²) in [5.41, 5.74) is 10.6. The van der Waals surface area contributed by atoms with Crippen LogP contribution in [0.1, 0.15) is 40.0 Å². The van der Waals surface area contributed by atoms with Gasteiger partial charge in [0.15, 0.2) is 0 Å². The molecule has 0 rings (SSSR count). The van der Waals surface area contributed by atoms with E-state index in [9.17, 15) is 34.2 Å². The highest BCUT2D eigenvalue weighted by atomic mass is 16.4. The smallest absolute Gasteiger partial charge is 0.326 e. The Labute approximate surface area is 168 Å². The van der Waals surface area contributed by atoms with Crippen molar-refractivity contribution < 1.29 is 34.2 Å². The van der Waals surface area contributed by atoms with Gasteiger partial charge in [-0.3, -0.25) is 19.2 Å². The van der Waals surface area contributed by atoms with Gasteiger partial charge in [-0.2, -0.15) is 0 Å². The molecule has 0 heterocycles. The predicted molar refractivity (Wildman–Crippen MR) is 102 cm³/mol. The zero-order chi connectivity index (χ0) is 22.7. The molecule has 12 nitrogen and oxygen atoms in total. The monoisotopic (exact) mass is 417 g/mol. The summed E-state index contributed by atoms with van der Waals surface area (Å²) in [6.45, 7) is 4.20. The lowest BCUT2D eigenvalue weighted by atomic mass is 9.99. The van der Waals surface area contributed by atoms with Crippen LogP contribution in [0.5, 0.6) is 0 Å². The lowest BCUT2D eigenvalue weighted by Gasteiger charge is -2.22. The minimum atomic E-state index is -1.30. The van der Waals surface area contributed by atoms with Crippen molar-refractivity contribution in [3.63, 3.8) is 0 Å². The van der Waals surface area contributed by atoms with E-state index in [1.807, 2.05) is 0 Å². The number of aliphatic hydroxyl groups is 1. The molecule has 0 fully saturated rings. The van der Waals surface area contributed by atoms with E-state index < -0.39 is 60.4 Å². The molecule has 29 heavy (non-hydrogen) atoms. The third kappa shape index (κ3) is 9.85. The number of nitrogens with two attached hydrogens (primary N) is 2. The zero-order valence-corrected chi connectivity index (χ0v) is 16.8. The number of carboxylic acid groups (broad SMARTS) is 1. The number of nitrogens with one attached hydrogen (secondary N) is 3. The topological polar surface area (TPSA) is 214 Å². The highest BCUT2D eigenvalue weighted by Gasteiger charge is 2.28. The molecular weight excluding hydrogens is 386 g/mol. The Morgan fingerprint density at radius 2 is 1.62 bits per heavy atom. The average molecular weight is 417 g/mol. The summed E-state index contributed by atoms with van der Waals surface area (Å²) >= 11 is 0. The van der Waals surface area contributed by atoms with Crippen molar-refractivity contribution >= 4 is 29.6 Å². The van der Waals surface area contributed by atoms with Gasteiger partial charge < -0.3 is 37.6 Å². The van der Waals surface area contributed by atoms with E-state index in [0.29, 0.717) is 6.42 Å². The van der Waals surface area contributed by atoms with Crippen LogP contribution < -0.4 is 27.4 Å². The van der Waals surface area contributed by atoms with Crippen molar-refractivity contribution in [2.75, 3.05) is 6.54 Å². The van der Waals surface area contributed by atoms with Crippen LogP contribution >= 0.6 is 0 Å². The minimum Gasteiger partial charge on any atom is -0.480 e. The number of rotatable bonds is 13. The highest BCUT2D eigenvalue weighted by molar-refractivity contribution is 5.93. The van der Waals surface area contributed by atoms with Crippen molar-refractivity contribution in [1.82, 2.24) is 16.0 Å². The summed E-state index contributed by atoms with van der Waals surface area (Å²) < 4.78 is 0. The molecular formula is C17H31N5O7. The lowest BCUT2D eigenvalue weighted by molar-refractivity contribution is -0.143. The summed E-state index contributed by atoms with van der Waals surface area (Å²) in [6, 6.07) is -3.63. The van der Waals surface area contributed by atoms with E-state index in [4.69, 9.17) is 11.5 Å². The Morgan fingerprint density at radius 1 is 1.03 bits per heavy atom. The van der Waals surface area contributed by atoms with Gasteiger partial charge >= 0.3 is 5.97 Å². The van der Waals surface area contributed by atoms with Gasteiger partial charge in [0.25, 0.3) is 0 Å². The third-order valence-corrected chi connectivity index (χ3v) is 4.35. The van der Waals surface area contributed by atoms with Gasteiger partial charge in [-0.25, -0.2) is 4.79 Å². The second-order valence-corrected chi connectivity index (χ2v) is 6.82. The molecule has 0 radical (unpaired) electrons. The fourth-order valence-electron chi connectivity index (χ4n) is 2.24. The molecule has 0 aliphatic rings. The van der Waals surface area contributed by atoms with Gasteiger partial charge in [-0.05, 0) is 19.3 Å². The largest absolute Gasteiger partial charge is 0.480 e. The van der Waals surface area contributed by atoms with Crippen molar-refractivity contribution in [2.24, 2.45) is 17.4 Å². The highest BCUT2D eigenvalue weighted by Crippen LogP contribution is 2.07. The van der Waals surface area contributed by atoms with E-state index in [1.165, 1.54) is 6.92 Å². The van der Waals surface area contributed by atoms with Gasteiger partial charge in [0.1, 0.15) is 18.1 Å². The molecule has 4 amide bonds. The van der Waals surface area contributed by atoms with Gasteiger partial charge in [-0.1, -0.05) is 20.3 Å².